The van der Waals surface area contributed by atoms with Gasteiger partial charge in [0.25, 0.3) is 0 Å². The lowest BCUT2D eigenvalue weighted by molar-refractivity contribution is 0.0684. The van der Waals surface area contributed by atoms with Crippen molar-refractivity contribution in [1.82, 2.24) is 9.88 Å². The fourth-order valence-corrected chi connectivity index (χ4v) is 4.28. The number of aromatic nitrogens is 1. The minimum absolute atomic E-state index is 0.190. The number of aromatic carboxylic acids is 1. The molecule has 0 spiro atoms. The number of aryl methyl sites for hydroxylation is 1. The quantitative estimate of drug-likeness (QED) is 0.360. The third-order valence-corrected chi connectivity index (χ3v) is 5.86. The minimum atomic E-state index is -1.03. The molecule has 1 aromatic heterocycles. The summed E-state index contributed by atoms with van der Waals surface area (Å²) in [5, 5.41) is 14.4. The Bertz CT molecular complexity index is 1350. The predicted octanol–water partition coefficient (Wildman–Crippen LogP) is 5.14. The first kappa shape index (κ1) is 23.3. The summed E-state index contributed by atoms with van der Waals surface area (Å²) < 4.78 is 26.3. The van der Waals surface area contributed by atoms with E-state index in [2.05, 4.69) is 5.32 Å². The van der Waals surface area contributed by atoms with Crippen LogP contribution in [0.1, 0.15) is 32.7 Å². The smallest absolute Gasteiger partial charge is 0.352 e. The second kappa shape index (κ2) is 9.97. The van der Waals surface area contributed by atoms with Gasteiger partial charge in [0.05, 0.1) is 14.2 Å². The Labute approximate surface area is 197 Å². The number of fused-ring (bicyclic) bond motifs is 1. The highest BCUT2D eigenvalue weighted by Gasteiger charge is 2.22. The van der Waals surface area contributed by atoms with E-state index in [4.69, 9.17) is 9.47 Å². The van der Waals surface area contributed by atoms with Crippen molar-refractivity contribution < 1.29 is 23.8 Å². The topological polar surface area (TPSA) is 72.7 Å². The van der Waals surface area contributed by atoms with Crippen molar-refractivity contribution in [1.29, 1.82) is 0 Å². The number of nitrogens with zero attached hydrogens (tertiary/aromatic N) is 1. The summed E-state index contributed by atoms with van der Waals surface area (Å²) >= 11 is 0. The molecule has 0 saturated heterocycles. The molecule has 0 amide bonds. The fourth-order valence-electron chi connectivity index (χ4n) is 4.28. The Kier molecular flexibility index (Phi) is 6.84. The first-order valence-electron chi connectivity index (χ1n) is 10.9. The molecule has 0 aliphatic rings. The van der Waals surface area contributed by atoms with E-state index in [0.29, 0.717) is 30.0 Å². The summed E-state index contributed by atoms with van der Waals surface area (Å²) in [4.78, 5) is 12.4. The molecule has 7 heteroatoms. The highest BCUT2D eigenvalue weighted by molar-refractivity contribution is 5.98. The van der Waals surface area contributed by atoms with Gasteiger partial charge in [0.2, 0.25) is 0 Å². The first-order valence-corrected chi connectivity index (χ1v) is 10.9. The number of nitrogens with one attached hydrogen (secondary N) is 1. The van der Waals surface area contributed by atoms with E-state index >= 15 is 0 Å². The Hall–Kier alpha value is -3.84. The van der Waals surface area contributed by atoms with Crippen molar-refractivity contribution in [2.45, 2.75) is 26.6 Å². The molecule has 0 radical (unpaired) electrons. The van der Waals surface area contributed by atoms with Crippen LogP contribution < -0.4 is 14.8 Å². The average molecular weight is 463 g/mol. The molecule has 3 aromatic carbocycles. The highest BCUT2D eigenvalue weighted by Crippen LogP contribution is 2.29. The zero-order chi connectivity index (χ0) is 24.2. The highest BCUT2D eigenvalue weighted by atomic mass is 19.1. The molecule has 4 aromatic rings. The largest absolute Gasteiger partial charge is 0.497 e. The van der Waals surface area contributed by atoms with Gasteiger partial charge in [-0.2, -0.15) is 0 Å². The fraction of sp³-hybridized carbons (Fsp3) is 0.222. The number of carbonyl (C=O) groups is 1. The lowest BCUT2D eigenvalue weighted by atomic mass is 10.1. The average Bonchev–Trinajstić information content (AvgIpc) is 3.11. The number of ether oxygens (including phenoxy) is 2. The lowest BCUT2D eigenvalue weighted by Crippen LogP contribution is -2.17. The van der Waals surface area contributed by atoms with E-state index in [0.717, 1.165) is 27.8 Å². The Morgan fingerprint density at radius 2 is 1.85 bits per heavy atom. The van der Waals surface area contributed by atoms with Gasteiger partial charge < -0.3 is 24.5 Å². The number of rotatable bonds is 9. The number of carboxylic acids is 1. The number of hydrogen-bond donors (Lipinski definition) is 2. The van der Waals surface area contributed by atoms with Crippen molar-refractivity contribution in [2.75, 3.05) is 14.2 Å². The van der Waals surface area contributed by atoms with Gasteiger partial charge in [0.1, 0.15) is 23.0 Å². The van der Waals surface area contributed by atoms with Crippen LogP contribution in [0.5, 0.6) is 11.5 Å². The molecule has 0 bridgehead atoms. The van der Waals surface area contributed by atoms with E-state index in [1.54, 1.807) is 30.9 Å². The van der Waals surface area contributed by atoms with Crippen LogP contribution in [0.3, 0.4) is 0 Å². The van der Waals surface area contributed by atoms with Gasteiger partial charge in [0.15, 0.2) is 0 Å². The molecule has 4 rings (SSSR count). The van der Waals surface area contributed by atoms with Crippen molar-refractivity contribution in [3.63, 3.8) is 0 Å². The van der Waals surface area contributed by atoms with Crippen LogP contribution in [0.25, 0.3) is 10.9 Å². The normalized spacial score (nSPS) is 11.1. The molecule has 0 fully saturated rings. The molecule has 2 N–H and O–H groups in total. The van der Waals surface area contributed by atoms with E-state index in [1.807, 2.05) is 43.3 Å². The van der Waals surface area contributed by atoms with E-state index in [-0.39, 0.29) is 18.1 Å². The molecule has 34 heavy (non-hydrogen) atoms. The van der Waals surface area contributed by atoms with Gasteiger partial charge in [-0.3, -0.25) is 0 Å². The van der Waals surface area contributed by atoms with Crippen molar-refractivity contribution in [3.8, 4) is 11.5 Å². The van der Waals surface area contributed by atoms with Crippen molar-refractivity contribution in [3.05, 3.63) is 94.4 Å². The first-order chi connectivity index (χ1) is 16.4. The number of benzene rings is 3. The maximum atomic E-state index is 13.8. The molecule has 1 heterocycles. The molecule has 0 aliphatic heterocycles. The van der Waals surface area contributed by atoms with Crippen LogP contribution in [-0.4, -0.2) is 29.9 Å². The van der Waals surface area contributed by atoms with Gasteiger partial charge >= 0.3 is 5.97 Å². The van der Waals surface area contributed by atoms with Gasteiger partial charge in [-0.05, 0) is 54.4 Å². The second-order valence-electron chi connectivity index (χ2n) is 8.15. The number of hydrogen-bond acceptors (Lipinski definition) is 4. The van der Waals surface area contributed by atoms with Crippen LogP contribution in [0.4, 0.5) is 4.39 Å². The molecule has 0 saturated carbocycles. The summed E-state index contributed by atoms with van der Waals surface area (Å²) in [6.45, 7) is 3.01. The molecule has 0 atom stereocenters. The summed E-state index contributed by atoms with van der Waals surface area (Å²) in [6, 6.07) is 17.7. The SMILES string of the molecule is COc1ccc(OC)c(CNCc2c(C(=O)O)n(Cc3cccc(F)c3)c3cc(C)ccc23)c1. The summed E-state index contributed by atoms with van der Waals surface area (Å²) in [5.41, 5.74) is 4.29. The summed E-state index contributed by atoms with van der Waals surface area (Å²) in [5.74, 6) is 0.0547. The van der Waals surface area contributed by atoms with Gasteiger partial charge in [0, 0.05) is 41.7 Å². The molecular formula is C27H27FN2O4. The predicted molar refractivity (Wildman–Crippen MR) is 129 cm³/mol. The maximum absolute atomic E-state index is 13.8. The summed E-state index contributed by atoms with van der Waals surface area (Å²) in [6.07, 6.45) is 0. The van der Waals surface area contributed by atoms with Crippen LogP contribution in [0.15, 0.2) is 60.7 Å². The molecule has 6 nitrogen and oxygen atoms in total. The molecule has 0 aliphatic carbocycles. The van der Waals surface area contributed by atoms with Gasteiger partial charge in [-0.1, -0.05) is 24.3 Å². The number of methoxy groups -OCH3 is 2. The molecular weight excluding hydrogens is 435 g/mol. The maximum Gasteiger partial charge on any atom is 0.352 e. The molecule has 176 valence electrons. The van der Waals surface area contributed by atoms with Crippen LogP contribution in [0.2, 0.25) is 0 Å². The Balaban J connectivity index is 1.71. The van der Waals surface area contributed by atoms with Gasteiger partial charge in [-0.15, -0.1) is 0 Å². The van der Waals surface area contributed by atoms with E-state index in [1.165, 1.54) is 12.1 Å². The second-order valence-corrected chi connectivity index (χ2v) is 8.15. The zero-order valence-electron chi connectivity index (χ0n) is 19.4. The Morgan fingerprint density at radius 1 is 1.03 bits per heavy atom. The third kappa shape index (κ3) is 4.75. The number of halogens is 1. The van der Waals surface area contributed by atoms with E-state index in [9.17, 15) is 14.3 Å². The summed E-state index contributed by atoms with van der Waals surface area (Å²) in [7, 11) is 3.21. The Morgan fingerprint density at radius 3 is 2.56 bits per heavy atom. The van der Waals surface area contributed by atoms with Crippen LogP contribution >= 0.6 is 0 Å². The number of carboxylic acid groups (broad SMARTS) is 1. The standard InChI is InChI=1S/C27H27FN2O4/c1-17-7-9-22-23(15-29-14-19-13-21(33-2)8-10-25(19)34-3)26(27(31)32)30(24(22)11-17)16-18-5-4-6-20(28)12-18/h4-13,29H,14-16H2,1-3H3,(H,31,32). The van der Waals surface area contributed by atoms with Crippen LogP contribution in [-0.2, 0) is 19.6 Å². The van der Waals surface area contributed by atoms with E-state index < -0.39 is 5.97 Å². The van der Waals surface area contributed by atoms with Crippen LogP contribution in [0, 0.1) is 12.7 Å². The minimum Gasteiger partial charge on any atom is -0.497 e. The molecule has 0 unspecified atom stereocenters. The zero-order valence-corrected chi connectivity index (χ0v) is 19.4. The monoisotopic (exact) mass is 462 g/mol. The third-order valence-electron chi connectivity index (χ3n) is 5.86. The van der Waals surface area contributed by atoms with Crippen molar-refractivity contribution in [2.24, 2.45) is 0 Å². The lowest BCUT2D eigenvalue weighted by Gasteiger charge is -2.12. The van der Waals surface area contributed by atoms with Crippen molar-refractivity contribution >= 4 is 16.9 Å². The van der Waals surface area contributed by atoms with Gasteiger partial charge in [-0.25, -0.2) is 9.18 Å².